The van der Waals surface area contributed by atoms with Crippen LogP contribution in [0.4, 0.5) is 10.5 Å². The fourth-order valence-electron chi connectivity index (χ4n) is 1.63. The average molecular weight is 330 g/mol. The maximum atomic E-state index is 11.7. The first-order valence-electron chi connectivity index (χ1n) is 6.62. The van der Waals surface area contributed by atoms with Gasteiger partial charge in [-0.05, 0) is 18.6 Å². The van der Waals surface area contributed by atoms with E-state index in [1.807, 2.05) is 6.92 Å². The number of imide groups is 1. The highest BCUT2D eigenvalue weighted by Crippen LogP contribution is 2.30. The van der Waals surface area contributed by atoms with Crippen LogP contribution in [0.15, 0.2) is 12.1 Å². The Bertz CT molecular complexity index is 537. The van der Waals surface area contributed by atoms with Crippen molar-refractivity contribution in [1.29, 1.82) is 0 Å². The Morgan fingerprint density at radius 1 is 1.27 bits per heavy atom. The number of methoxy groups -OCH3 is 2. The van der Waals surface area contributed by atoms with E-state index < -0.39 is 11.9 Å². The molecule has 0 saturated heterocycles. The molecule has 3 amide bonds. The molecule has 0 saturated carbocycles. The molecule has 0 heterocycles. The van der Waals surface area contributed by atoms with E-state index in [0.717, 1.165) is 5.56 Å². The van der Waals surface area contributed by atoms with Gasteiger partial charge in [0.1, 0.15) is 5.75 Å². The second-order valence-corrected chi connectivity index (χ2v) is 4.86. The van der Waals surface area contributed by atoms with Crippen LogP contribution in [-0.4, -0.2) is 45.9 Å². The summed E-state index contributed by atoms with van der Waals surface area (Å²) in [6, 6.07) is 2.87. The van der Waals surface area contributed by atoms with Gasteiger partial charge < -0.3 is 20.1 Å². The fraction of sp³-hybridized carbons (Fsp3) is 0.429. The SMILES string of the molecule is COCCNC(=O)NC(=O)CNc1cc(C)c(Cl)cc1OC. The van der Waals surface area contributed by atoms with Crippen molar-refractivity contribution in [3.05, 3.63) is 22.7 Å². The van der Waals surface area contributed by atoms with Crippen molar-refractivity contribution < 1.29 is 19.1 Å². The number of hydrogen-bond acceptors (Lipinski definition) is 5. The minimum Gasteiger partial charge on any atom is -0.495 e. The normalized spacial score (nSPS) is 10.0. The second kappa shape index (κ2) is 9.11. The van der Waals surface area contributed by atoms with Crippen LogP contribution in [0.3, 0.4) is 0 Å². The van der Waals surface area contributed by atoms with Crippen molar-refractivity contribution in [2.45, 2.75) is 6.92 Å². The molecule has 0 spiro atoms. The lowest BCUT2D eigenvalue weighted by Crippen LogP contribution is -2.43. The van der Waals surface area contributed by atoms with Gasteiger partial charge in [0.25, 0.3) is 0 Å². The minimum absolute atomic E-state index is 0.0743. The molecule has 1 rings (SSSR count). The summed E-state index contributed by atoms with van der Waals surface area (Å²) in [7, 11) is 3.03. The Kier molecular flexibility index (Phi) is 7.48. The van der Waals surface area contributed by atoms with Crippen molar-refractivity contribution >= 4 is 29.2 Å². The van der Waals surface area contributed by atoms with Gasteiger partial charge in [-0.25, -0.2) is 4.79 Å². The summed E-state index contributed by atoms with van der Waals surface area (Å²) in [6.45, 7) is 2.47. The Hall–Kier alpha value is -1.99. The molecule has 0 aliphatic heterocycles. The van der Waals surface area contributed by atoms with Crippen LogP contribution in [-0.2, 0) is 9.53 Å². The number of aryl methyl sites for hydroxylation is 1. The number of rotatable bonds is 7. The number of carbonyl (C=O) groups excluding carboxylic acids is 2. The van der Waals surface area contributed by atoms with Gasteiger partial charge in [-0.15, -0.1) is 0 Å². The molecule has 7 nitrogen and oxygen atoms in total. The number of carbonyl (C=O) groups is 2. The van der Waals surface area contributed by atoms with Crippen molar-refractivity contribution in [2.75, 3.05) is 39.2 Å². The van der Waals surface area contributed by atoms with E-state index in [1.165, 1.54) is 14.2 Å². The van der Waals surface area contributed by atoms with Gasteiger partial charge in [0.05, 0.1) is 25.9 Å². The molecule has 122 valence electrons. The first-order chi connectivity index (χ1) is 10.5. The largest absolute Gasteiger partial charge is 0.495 e. The molecule has 3 N–H and O–H groups in total. The Labute approximate surface area is 134 Å². The van der Waals surface area contributed by atoms with E-state index in [2.05, 4.69) is 16.0 Å². The number of nitrogens with one attached hydrogen (secondary N) is 3. The Balaban J connectivity index is 2.50. The lowest BCUT2D eigenvalue weighted by Gasteiger charge is -2.13. The van der Waals surface area contributed by atoms with Crippen molar-refractivity contribution in [3.63, 3.8) is 0 Å². The monoisotopic (exact) mass is 329 g/mol. The van der Waals surface area contributed by atoms with Gasteiger partial charge >= 0.3 is 6.03 Å². The molecule has 0 bridgehead atoms. The average Bonchev–Trinajstić information content (AvgIpc) is 2.48. The lowest BCUT2D eigenvalue weighted by molar-refractivity contribution is -0.118. The number of hydrogen-bond donors (Lipinski definition) is 3. The van der Waals surface area contributed by atoms with Gasteiger partial charge in [-0.2, -0.15) is 0 Å². The molecule has 0 atom stereocenters. The second-order valence-electron chi connectivity index (χ2n) is 4.45. The van der Waals surface area contributed by atoms with Gasteiger partial charge in [-0.1, -0.05) is 11.6 Å². The smallest absolute Gasteiger partial charge is 0.321 e. The number of urea groups is 1. The third kappa shape index (κ3) is 5.79. The van der Waals surface area contributed by atoms with E-state index in [4.69, 9.17) is 21.1 Å². The zero-order chi connectivity index (χ0) is 16.5. The van der Waals surface area contributed by atoms with Crippen LogP contribution in [0.25, 0.3) is 0 Å². The highest BCUT2D eigenvalue weighted by atomic mass is 35.5. The van der Waals surface area contributed by atoms with Crippen molar-refractivity contribution in [2.24, 2.45) is 0 Å². The van der Waals surface area contributed by atoms with Gasteiger partial charge in [0, 0.05) is 24.7 Å². The standard InChI is InChI=1S/C14H20ClN3O4/c1-9-6-11(12(22-3)7-10(9)15)17-8-13(19)18-14(20)16-4-5-21-2/h6-7,17H,4-5,8H2,1-3H3,(H2,16,18,19,20). The van der Waals surface area contributed by atoms with Crippen LogP contribution >= 0.6 is 11.6 Å². The van der Waals surface area contributed by atoms with E-state index in [9.17, 15) is 9.59 Å². The Morgan fingerprint density at radius 3 is 2.64 bits per heavy atom. The number of benzene rings is 1. The first-order valence-corrected chi connectivity index (χ1v) is 7.00. The van der Waals surface area contributed by atoms with Crippen molar-refractivity contribution in [3.8, 4) is 5.75 Å². The number of ether oxygens (including phenoxy) is 2. The molecule has 0 unspecified atom stereocenters. The summed E-state index contributed by atoms with van der Waals surface area (Å²) in [5, 5.41) is 8.16. The molecule has 0 aliphatic rings. The quantitative estimate of drug-likeness (QED) is 0.660. The van der Waals surface area contributed by atoms with E-state index in [0.29, 0.717) is 29.6 Å². The van der Waals surface area contributed by atoms with Gasteiger partial charge in [0.2, 0.25) is 5.91 Å². The summed E-state index contributed by atoms with van der Waals surface area (Å²) in [6.07, 6.45) is 0. The molecule has 1 aromatic rings. The summed E-state index contributed by atoms with van der Waals surface area (Å²) in [5.74, 6) is 0.0533. The maximum Gasteiger partial charge on any atom is 0.321 e. The highest BCUT2D eigenvalue weighted by Gasteiger charge is 2.10. The third-order valence-corrected chi connectivity index (χ3v) is 3.17. The zero-order valence-electron chi connectivity index (χ0n) is 12.8. The summed E-state index contributed by atoms with van der Waals surface area (Å²) < 4.78 is 9.97. The summed E-state index contributed by atoms with van der Waals surface area (Å²) in [5.41, 5.74) is 1.47. The molecular weight excluding hydrogens is 310 g/mol. The van der Waals surface area contributed by atoms with Crippen LogP contribution in [0, 0.1) is 6.92 Å². The summed E-state index contributed by atoms with van der Waals surface area (Å²) >= 11 is 6.01. The molecule has 22 heavy (non-hydrogen) atoms. The highest BCUT2D eigenvalue weighted by molar-refractivity contribution is 6.31. The van der Waals surface area contributed by atoms with Crippen LogP contribution in [0.1, 0.15) is 5.56 Å². The lowest BCUT2D eigenvalue weighted by atomic mass is 10.2. The van der Waals surface area contributed by atoms with E-state index >= 15 is 0 Å². The predicted molar refractivity (Wildman–Crippen MR) is 84.6 cm³/mol. The first kappa shape index (κ1) is 18.1. The molecule has 8 heteroatoms. The zero-order valence-corrected chi connectivity index (χ0v) is 13.5. The molecule has 0 aliphatic carbocycles. The molecule has 1 aromatic carbocycles. The fourth-order valence-corrected chi connectivity index (χ4v) is 1.78. The van der Waals surface area contributed by atoms with E-state index in [1.54, 1.807) is 12.1 Å². The van der Waals surface area contributed by atoms with Gasteiger partial charge in [-0.3, -0.25) is 10.1 Å². The molecule has 0 fully saturated rings. The molecule has 0 aromatic heterocycles. The number of amides is 3. The third-order valence-electron chi connectivity index (χ3n) is 2.76. The number of halogens is 1. The topological polar surface area (TPSA) is 88.7 Å². The van der Waals surface area contributed by atoms with Crippen LogP contribution in [0.5, 0.6) is 5.75 Å². The van der Waals surface area contributed by atoms with E-state index in [-0.39, 0.29) is 6.54 Å². The predicted octanol–water partition coefficient (Wildman–Crippen LogP) is 1.54. The van der Waals surface area contributed by atoms with Crippen molar-refractivity contribution in [1.82, 2.24) is 10.6 Å². The van der Waals surface area contributed by atoms with Crippen LogP contribution in [0.2, 0.25) is 5.02 Å². The summed E-state index contributed by atoms with van der Waals surface area (Å²) in [4.78, 5) is 23.1. The maximum absolute atomic E-state index is 11.7. The van der Waals surface area contributed by atoms with Crippen LogP contribution < -0.4 is 20.7 Å². The molecular formula is C14H20ClN3O4. The Morgan fingerprint density at radius 2 is 2.00 bits per heavy atom. The molecule has 0 radical (unpaired) electrons. The minimum atomic E-state index is -0.567. The van der Waals surface area contributed by atoms with Gasteiger partial charge in [0.15, 0.2) is 0 Å². The number of anilines is 1.